The molecule has 1 aliphatic heterocycles. The van der Waals surface area contributed by atoms with Gasteiger partial charge in [0, 0.05) is 5.69 Å². The summed E-state index contributed by atoms with van der Waals surface area (Å²) in [4.78, 5) is 11.9. The third-order valence-electron chi connectivity index (χ3n) is 3.12. The van der Waals surface area contributed by atoms with Gasteiger partial charge in [-0.3, -0.25) is 4.79 Å². The van der Waals surface area contributed by atoms with E-state index in [2.05, 4.69) is 5.32 Å². The predicted octanol–water partition coefficient (Wildman–Crippen LogP) is 3.18. The Morgan fingerprint density at radius 1 is 0.905 bits per heavy atom. The Kier molecular flexibility index (Phi) is 3.87. The maximum Gasteiger partial charge on any atom is 0.294 e. The molecule has 4 nitrogen and oxygen atoms in total. The van der Waals surface area contributed by atoms with Crippen molar-refractivity contribution in [2.45, 2.75) is 0 Å². The Labute approximate surface area is 123 Å². The molecule has 2 aromatic rings. The minimum atomic E-state index is -0.304. The highest BCUT2D eigenvalue weighted by Gasteiger charge is 2.14. The molecular formula is C17H15NO3. The van der Waals surface area contributed by atoms with E-state index >= 15 is 0 Å². The largest absolute Gasteiger partial charge is 0.494 e. The van der Waals surface area contributed by atoms with Crippen molar-refractivity contribution in [2.75, 3.05) is 18.5 Å². The highest BCUT2D eigenvalue weighted by molar-refractivity contribution is 6.02. The van der Waals surface area contributed by atoms with Crippen LogP contribution in [0.4, 0.5) is 5.69 Å². The summed E-state index contributed by atoms with van der Waals surface area (Å²) < 4.78 is 10.3. The van der Waals surface area contributed by atoms with Gasteiger partial charge >= 0.3 is 0 Å². The van der Waals surface area contributed by atoms with E-state index in [1.54, 1.807) is 0 Å². The van der Waals surface area contributed by atoms with Crippen molar-refractivity contribution >= 4 is 11.6 Å². The van der Waals surface area contributed by atoms with Gasteiger partial charge < -0.3 is 14.8 Å². The lowest BCUT2D eigenvalue weighted by Gasteiger charge is -2.15. The molecule has 3 rings (SSSR count). The van der Waals surface area contributed by atoms with Crippen molar-refractivity contribution in [3.8, 4) is 11.1 Å². The fourth-order valence-electron chi connectivity index (χ4n) is 2.06. The fraction of sp³-hybridized carbons (Fsp3) is 0.118. The fourth-order valence-corrected chi connectivity index (χ4v) is 2.06. The second-order valence-corrected chi connectivity index (χ2v) is 4.60. The molecule has 0 spiro atoms. The lowest BCUT2D eigenvalue weighted by atomic mass is 10.1. The number of benzene rings is 2. The standard InChI is InChI=1S/C17H15NO3/c19-17(16-12-20-10-11-21-16)18-15-8-6-14(7-9-15)13-4-2-1-3-5-13/h1-9,12H,10-11H2,(H,18,19). The van der Waals surface area contributed by atoms with Crippen LogP contribution in [0.5, 0.6) is 0 Å². The Morgan fingerprint density at radius 2 is 1.62 bits per heavy atom. The summed E-state index contributed by atoms with van der Waals surface area (Å²) in [6.07, 6.45) is 1.34. The topological polar surface area (TPSA) is 47.6 Å². The first-order chi connectivity index (χ1) is 10.3. The molecule has 1 N–H and O–H groups in total. The van der Waals surface area contributed by atoms with Crippen LogP contribution in [0.1, 0.15) is 0 Å². The van der Waals surface area contributed by atoms with E-state index in [1.165, 1.54) is 6.26 Å². The first-order valence-corrected chi connectivity index (χ1v) is 6.74. The van der Waals surface area contributed by atoms with Crippen LogP contribution in [0.25, 0.3) is 11.1 Å². The molecule has 1 aliphatic rings. The summed E-state index contributed by atoms with van der Waals surface area (Å²) in [5.41, 5.74) is 2.96. The second kappa shape index (κ2) is 6.13. The summed E-state index contributed by atoms with van der Waals surface area (Å²) in [6, 6.07) is 17.7. The third kappa shape index (κ3) is 3.23. The van der Waals surface area contributed by atoms with Gasteiger partial charge in [0.2, 0.25) is 5.76 Å². The number of ether oxygens (including phenoxy) is 2. The molecule has 0 atom stereocenters. The van der Waals surface area contributed by atoms with E-state index in [9.17, 15) is 4.79 Å². The third-order valence-corrected chi connectivity index (χ3v) is 3.12. The molecule has 0 saturated heterocycles. The number of rotatable bonds is 3. The van der Waals surface area contributed by atoms with Gasteiger partial charge in [-0.05, 0) is 23.3 Å². The van der Waals surface area contributed by atoms with Gasteiger partial charge in [0.25, 0.3) is 5.91 Å². The van der Waals surface area contributed by atoms with Crippen molar-refractivity contribution in [2.24, 2.45) is 0 Å². The summed E-state index contributed by atoms with van der Waals surface area (Å²) >= 11 is 0. The predicted molar refractivity (Wildman–Crippen MR) is 80.5 cm³/mol. The van der Waals surface area contributed by atoms with E-state index in [4.69, 9.17) is 9.47 Å². The Morgan fingerprint density at radius 3 is 2.29 bits per heavy atom. The lowest BCUT2D eigenvalue weighted by molar-refractivity contribution is -0.117. The van der Waals surface area contributed by atoms with Gasteiger partial charge in [-0.15, -0.1) is 0 Å². The van der Waals surface area contributed by atoms with Crippen LogP contribution in [0, 0.1) is 0 Å². The van der Waals surface area contributed by atoms with E-state index in [0.29, 0.717) is 13.2 Å². The molecule has 0 aromatic heterocycles. The molecule has 106 valence electrons. The molecule has 0 fully saturated rings. The van der Waals surface area contributed by atoms with E-state index in [-0.39, 0.29) is 11.7 Å². The van der Waals surface area contributed by atoms with Crippen molar-refractivity contribution in [1.29, 1.82) is 0 Å². The molecule has 0 aliphatic carbocycles. The number of carbonyl (C=O) groups excluding carboxylic acids is 1. The Hall–Kier alpha value is -2.75. The van der Waals surface area contributed by atoms with Crippen LogP contribution >= 0.6 is 0 Å². The molecule has 0 saturated carbocycles. The molecule has 1 heterocycles. The maximum atomic E-state index is 11.9. The summed E-state index contributed by atoms with van der Waals surface area (Å²) in [5, 5.41) is 2.78. The van der Waals surface area contributed by atoms with Crippen molar-refractivity contribution in [3.63, 3.8) is 0 Å². The van der Waals surface area contributed by atoms with E-state index in [0.717, 1.165) is 16.8 Å². The first kappa shape index (κ1) is 13.2. The van der Waals surface area contributed by atoms with Gasteiger partial charge in [0.15, 0.2) is 0 Å². The minimum absolute atomic E-state index is 0.202. The molecule has 4 heteroatoms. The molecule has 2 aromatic carbocycles. The molecule has 21 heavy (non-hydrogen) atoms. The van der Waals surface area contributed by atoms with Crippen molar-refractivity contribution in [1.82, 2.24) is 0 Å². The normalized spacial score (nSPS) is 13.6. The number of hydrogen-bond donors (Lipinski definition) is 1. The Balaban J connectivity index is 1.70. The zero-order valence-electron chi connectivity index (χ0n) is 11.4. The summed E-state index contributed by atoms with van der Waals surface area (Å²) in [5.74, 6) is -0.101. The molecule has 1 amide bonds. The number of amides is 1. The average molecular weight is 281 g/mol. The minimum Gasteiger partial charge on any atom is -0.494 e. The highest BCUT2D eigenvalue weighted by Crippen LogP contribution is 2.21. The van der Waals surface area contributed by atoms with E-state index < -0.39 is 0 Å². The van der Waals surface area contributed by atoms with Crippen LogP contribution in [-0.4, -0.2) is 19.1 Å². The van der Waals surface area contributed by atoms with Gasteiger partial charge in [-0.1, -0.05) is 42.5 Å². The van der Waals surface area contributed by atoms with Crippen LogP contribution in [0.2, 0.25) is 0 Å². The number of nitrogens with one attached hydrogen (secondary N) is 1. The van der Waals surface area contributed by atoms with Crippen molar-refractivity contribution < 1.29 is 14.3 Å². The van der Waals surface area contributed by atoms with Gasteiger partial charge in [0.05, 0.1) is 0 Å². The molecule has 0 unspecified atom stereocenters. The van der Waals surface area contributed by atoms with Gasteiger partial charge in [-0.2, -0.15) is 0 Å². The average Bonchev–Trinajstić information content (AvgIpc) is 2.57. The quantitative estimate of drug-likeness (QED) is 0.940. The Bertz CT molecular complexity index is 647. The molecular weight excluding hydrogens is 266 g/mol. The van der Waals surface area contributed by atoms with Crippen LogP contribution < -0.4 is 5.32 Å². The van der Waals surface area contributed by atoms with Crippen LogP contribution in [-0.2, 0) is 14.3 Å². The second-order valence-electron chi connectivity index (χ2n) is 4.60. The van der Waals surface area contributed by atoms with Crippen LogP contribution in [0.15, 0.2) is 66.6 Å². The van der Waals surface area contributed by atoms with Gasteiger partial charge in [0.1, 0.15) is 19.5 Å². The summed E-state index contributed by atoms with van der Waals surface area (Å²) in [6.45, 7) is 0.870. The number of anilines is 1. The highest BCUT2D eigenvalue weighted by atomic mass is 16.6. The van der Waals surface area contributed by atoms with Crippen molar-refractivity contribution in [3.05, 3.63) is 66.6 Å². The number of hydrogen-bond acceptors (Lipinski definition) is 3. The number of carbonyl (C=O) groups is 1. The lowest BCUT2D eigenvalue weighted by Crippen LogP contribution is -2.21. The first-order valence-electron chi connectivity index (χ1n) is 6.74. The van der Waals surface area contributed by atoms with Gasteiger partial charge in [-0.25, -0.2) is 0 Å². The SMILES string of the molecule is O=C(Nc1ccc(-c2ccccc2)cc1)C1=COCCO1. The zero-order valence-corrected chi connectivity index (χ0v) is 11.4. The van der Waals surface area contributed by atoms with E-state index in [1.807, 2.05) is 54.6 Å². The maximum absolute atomic E-state index is 11.9. The smallest absolute Gasteiger partial charge is 0.294 e. The molecule has 0 bridgehead atoms. The van der Waals surface area contributed by atoms with Crippen LogP contribution in [0.3, 0.4) is 0 Å². The monoisotopic (exact) mass is 281 g/mol. The molecule has 0 radical (unpaired) electrons. The summed E-state index contributed by atoms with van der Waals surface area (Å²) in [7, 11) is 0. The zero-order chi connectivity index (χ0) is 14.5.